The lowest BCUT2D eigenvalue weighted by molar-refractivity contribution is -0.119. The Morgan fingerprint density at radius 3 is 2.69 bits per heavy atom. The van der Waals surface area contributed by atoms with Crippen LogP contribution in [-0.2, 0) is 9.53 Å². The number of halogens is 1. The monoisotopic (exact) mass is 363 g/mol. The number of ether oxygens (including phenoxy) is 1. The summed E-state index contributed by atoms with van der Waals surface area (Å²) in [6.07, 6.45) is -1.10. The minimum Gasteiger partial charge on any atom is -0.442 e. The quantitative estimate of drug-likeness (QED) is 0.814. The summed E-state index contributed by atoms with van der Waals surface area (Å²) < 4.78 is 19.8. The zero-order valence-electron chi connectivity index (χ0n) is 14.5. The highest BCUT2D eigenvalue weighted by molar-refractivity contribution is 5.90. The maximum absolute atomic E-state index is 14.6. The van der Waals surface area contributed by atoms with Crippen LogP contribution in [0.1, 0.15) is 6.92 Å². The summed E-state index contributed by atoms with van der Waals surface area (Å²) in [6, 6.07) is 4.86. The molecule has 1 aromatic carbocycles. The third-order valence-corrected chi connectivity index (χ3v) is 5.62. The van der Waals surface area contributed by atoms with E-state index in [1.807, 2.05) is 6.07 Å². The van der Waals surface area contributed by atoms with Crippen molar-refractivity contribution < 1.29 is 23.8 Å². The number of nitrogens with one attached hydrogen (secondary N) is 1. The molecule has 2 N–H and O–H groups in total. The number of carbonyl (C=O) groups is 2. The van der Waals surface area contributed by atoms with Crippen molar-refractivity contribution in [1.82, 2.24) is 5.32 Å². The third-order valence-electron chi connectivity index (χ3n) is 5.62. The molecule has 7 nitrogen and oxygen atoms in total. The second kappa shape index (κ2) is 6.42. The van der Waals surface area contributed by atoms with Gasteiger partial charge in [-0.05, 0) is 36.0 Å². The molecule has 0 aromatic heterocycles. The van der Waals surface area contributed by atoms with E-state index >= 15 is 0 Å². The zero-order valence-corrected chi connectivity index (χ0v) is 14.5. The van der Waals surface area contributed by atoms with E-state index in [-0.39, 0.29) is 31.3 Å². The first-order valence-electron chi connectivity index (χ1n) is 8.86. The Hall–Kier alpha value is -2.35. The van der Waals surface area contributed by atoms with Crippen LogP contribution < -0.4 is 15.1 Å². The predicted octanol–water partition coefficient (Wildman–Crippen LogP) is 0.961. The molecule has 26 heavy (non-hydrogen) atoms. The first-order chi connectivity index (χ1) is 12.5. The number of nitrogens with zero attached hydrogens (tertiary/aromatic N) is 2. The van der Waals surface area contributed by atoms with Gasteiger partial charge < -0.3 is 20.1 Å². The molecule has 1 unspecified atom stereocenters. The highest BCUT2D eigenvalue weighted by Gasteiger charge is 2.55. The molecule has 4 atom stereocenters. The number of aliphatic hydroxyl groups excluding tert-OH is 1. The van der Waals surface area contributed by atoms with Gasteiger partial charge in [-0.2, -0.15) is 0 Å². The topological polar surface area (TPSA) is 82.1 Å². The third kappa shape index (κ3) is 2.98. The largest absolute Gasteiger partial charge is 0.442 e. The first-order valence-corrected chi connectivity index (χ1v) is 8.86. The van der Waals surface area contributed by atoms with E-state index in [1.54, 1.807) is 6.07 Å². The highest BCUT2D eigenvalue weighted by atomic mass is 19.1. The van der Waals surface area contributed by atoms with Crippen LogP contribution in [0.3, 0.4) is 0 Å². The van der Waals surface area contributed by atoms with Crippen molar-refractivity contribution in [2.75, 3.05) is 42.6 Å². The van der Waals surface area contributed by atoms with E-state index in [1.165, 1.54) is 17.9 Å². The molecule has 0 radical (unpaired) electrons. The fraction of sp³-hybridized carbons (Fsp3) is 0.556. The molecule has 1 aromatic rings. The second-order valence-corrected chi connectivity index (χ2v) is 7.27. The Morgan fingerprint density at radius 2 is 2.08 bits per heavy atom. The average Bonchev–Trinajstić information content (AvgIpc) is 2.93. The Labute approximate surface area is 150 Å². The van der Waals surface area contributed by atoms with Gasteiger partial charge in [0, 0.05) is 32.3 Å². The standard InChI is InChI=1S/C18H22FN3O4/c1-10(24)20-5-12-6-22(18(25)26-12)17-3-2-11(4-16(17)19)21-7-13-14(8-21)15(13)9-23/h2-4,12-15,23H,5-9H2,1H3,(H,20,24)/t12-,13-,14+,15?/m0/s1. The van der Waals surface area contributed by atoms with Crippen molar-refractivity contribution >= 4 is 23.4 Å². The van der Waals surface area contributed by atoms with Crippen LogP contribution in [0.5, 0.6) is 0 Å². The average molecular weight is 363 g/mol. The second-order valence-electron chi connectivity index (χ2n) is 7.27. The first kappa shape index (κ1) is 17.1. The Morgan fingerprint density at radius 1 is 1.35 bits per heavy atom. The van der Waals surface area contributed by atoms with Crippen molar-refractivity contribution in [1.29, 1.82) is 0 Å². The number of anilines is 2. The number of carbonyl (C=O) groups excluding carboxylic acids is 2. The van der Waals surface area contributed by atoms with Crippen molar-refractivity contribution in [3.05, 3.63) is 24.0 Å². The van der Waals surface area contributed by atoms with E-state index in [4.69, 9.17) is 4.74 Å². The van der Waals surface area contributed by atoms with Crippen molar-refractivity contribution in [2.24, 2.45) is 17.8 Å². The molecule has 0 bridgehead atoms. The van der Waals surface area contributed by atoms with Gasteiger partial charge in [-0.1, -0.05) is 0 Å². The van der Waals surface area contributed by atoms with Gasteiger partial charge in [-0.15, -0.1) is 0 Å². The normalized spacial score (nSPS) is 29.6. The maximum atomic E-state index is 14.6. The Balaban J connectivity index is 1.42. The Kier molecular flexibility index (Phi) is 4.22. The number of aliphatic hydroxyl groups is 1. The number of hydrogen-bond acceptors (Lipinski definition) is 5. The summed E-state index contributed by atoms with van der Waals surface area (Å²) >= 11 is 0. The van der Waals surface area contributed by atoms with Gasteiger partial charge in [0.1, 0.15) is 11.9 Å². The van der Waals surface area contributed by atoms with E-state index in [0.29, 0.717) is 17.8 Å². The summed E-state index contributed by atoms with van der Waals surface area (Å²) in [5.74, 6) is 0.730. The van der Waals surface area contributed by atoms with Gasteiger partial charge >= 0.3 is 6.09 Å². The van der Waals surface area contributed by atoms with E-state index < -0.39 is 18.0 Å². The smallest absolute Gasteiger partial charge is 0.414 e. The number of hydrogen-bond donors (Lipinski definition) is 2. The van der Waals surface area contributed by atoms with Gasteiger partial charge in [-0.25, -0.2) is 9.18 Å². The molecule has 0 spiro atoms. The molecule has 2 amide bonds. The number of benzene rings is 1. The number of cyclic esters (lactones) is 1. The summed E-state index contributed by atoms with van der Waals surface area (Å²) in [6.45, 7) is 3.69. The van der Waals surface area contributed by atoms with Crippen molar-refractivity contribution in [3.8, 4) is 0 Å². The summed E-state index contributed by atoms with van der Waals surface area (Å²) in [5, 5.41) is 11.8. The number of fused-ring (bicyclic) bond motifs is 1. The minimum atomic E-state index is -0.611. The lowest BCUT2D eigenvalue weighted by Gasteiger charge is -2.23. The predicted molar refractivity (Wildman–Crippen MR) is 92.5 cm³/mol. The molecule has 2 aliphatic heterocycles. The summed E-state index contributed by atoms with van der Waals surface area (Å²) in [5.41, 5.74) is 0.971. The molecule has 2 heterocycles. The Bertz CT molecular complexity index is 731. The molecule has 3 aliphatic rings. The zero-order chi connectivity index (χ0) is 18.4. The van der Waals surface area contributed by atoms with Crippen LogP contribution in [0.15, 0.2) is 18.2 Å². The minimum absolute atomic E-state index is 0.182. The molecule has 1 saturated carbocycles. The molecule has 2 saturated heterocycles. The lowest BCUT2D eigenvalue weighted by atomic mass is 10.2. The number of amides is 2. The molecule has 8 heteroatoms. The number of rotatable bonds is 5. The van der Waals surface area contributed by atoms with Crippen LogP contribution in [0.2, 0.25) is 0 Å². The lowest BCUT2D eigenvalue weighted by Crippen LogP contribution is -2.33. The maximum Gasteiger partial charge on any atom is 0.414 e. The fourth-order valence-corrected chi connectivity index (χ4v) is 4.12. The summed E-state index contributed by atoms with van der Waals surface area (Å²) in [4.78, 5) is 26.4. The van der Waals surface area contributed by atoms with Crippen LogP contribution in [0, 0.1) is 23.6 Å². The summed E-state index contributed by atoms with van der Waals surface area (Å²) in [7, 11) is 0. The van der Waals surface area contributed by atoms with Gasteiger partial charge in [0.25, 0.3) is 0 Å². The molecule has 3 fully saturated rings. The SMILES string of the molecule is CC(=O)NC[C@H]1CN(c2ccc(N3C[C@@H]4C(CO)[C@@H]4C3)cc2F)C(=O)O1. The van der Waals surface area contributed by atoms with Crippen molar-refractivity contribution in [3.63, 3.8) is 0 Å². The molecular weight excluding hydrogens is 341 g/mol. The van der Waals surface area contributed by atoms with Crippen molar-refractivity contribution in [2.45, 2.75) is 13.0 Å². The highest BCUT2D eigenvalue weighted by Crippen LogP contribution is 2.52. The molecular formula is C18H22FN3O4. The molecule has 1 aliphatic carbocycles. The fourth-order valence-electron chi connectivity index (χ4n) is 4.12. The van der Waals surface area contributed by atoms with Crippen LogP contribution in [0.4, 0.5) is 20.6 Å². The molecule has 140 valence electrons. The van der Waals surface area contributed by atoms with E-state index in [0.717, 1.165) is 18.8 Å². The van der Waals surface area contributed by atoms with E-state index in [2.05, 4.69) is 10.2 Å². The van der Waals surface area contributed by atoms with Gasteiger partial charge in [0.2, 0.25) is 5.91 Å². The van der Waals surface area contributed by atoms with Gasteiger partial charge in [0.15, 0.2) is 0 Å². The number of piperidine rings is 1. The molecule has 4 rings (SSSR count). The van der Waals surface area contributed by atoms with E-state index in [9.17, 15) is 19.1 Å². The van der Waals surface area contributed by atoms with Crippen LogP contribution in [0.25, 0.3) is 0 Å². The van der Waals surface area contributed by atoms with Gasteiger partial charge in [0.05, 0.1) is 18.8 Å². The van der Waals surface area contributed by atoms with Crippen LogP contribution >= 0.6 is 0 Å². The van der Waals surface area contributed by atoms with Crippen LogP contribution in [-0.4, -0.2) is 56.0 Å². The van der Waals surface area contributed by atoms with Gasteiger partial charge in [-0.3, -0.25) is 9.69 Å².